The van der Waals surface area contributed by atoms with Crippen LogP contribution in [0.3, 0.4) is 0 Å². The molecular weight excluding hydrogens is 354 g/mol. The molecule has 1 aromatic carbocycles. The summed E-state index contributed by atoms with van der Waals surface area (Å²) in [7, 11) is 4.08. The van der Waals surface area contributed by atoms with Crippen molar-refractivity contribution in [3.05, 3.63) is 60.1 Å². The van der Waals surface area contributed by atoms with Gasteiger partial charge in [0, 0.05) is 31.6 Å². The Balaban J connectivity index is 1.46. The van der Waals surface area contributed by atoms with E-state index in [1.165, 1.54) is 11.8 Å². The van der Waals surface area contributed by atoms with Gasteiger partial charge < -0.3 is 19.5 Å². The fraction of sp³-hybridized carbons (Fsp3) is 0.455. The van der Waals surface area contributed by atoms with Crippen molar-refractivity contribution in [2.45, 2.75) is 25.3 Å². The molecule has 6 nitrogen and oxygen atoms in total. The van der Waals surface area contributed by atoms with E-state index >= 15 is 0 Å². The highest BCUT2D eigenvalue weighted by atomic mass is 16.3. The van der Waals surface area contributed by atoms with Crippen molar-refractivity contribution in [2.75, 3.05) is 33.7 Å². The first-order valence-corrected chi connectivity index (χ1v) is 9.85. The maximum absolute atomic E-state index is 12.6. The fourth-order valence-electron chi connectivity index (χ4n) is 3.59. The van der Waals surface area contributed by atoms with Gasteiger partial charge in [-0.1, -0.05) is 30.3 Å². The molecule has 0 spiro atoms. The summed E-state index contributed by atoms with van der Waals surface area (Å²) in [5.74, 6) is 0.308. The monoisotopic (exact) mass is 383 g/mol. The number of piperidine rings is 1. The van der Waals surface area contributed by atoms with E-state index < -0.39 is 0 Å². The van der Waals surface area contributed by atoms with Gasteiger partial charge in [-0.15, -0.1) is 0 Å². The highest BCUT2D eigenvalue weighted by Gasteiger charge is 2.29. The normalized spacial score (nSPS) is 16.2. The maximum Gasteiger partial charge on any atom is 0.289 e. The number of likely N-dealkylation sites (N-methyl/N-ethyl adjacent to an activating group) is 1. The van der Waals surface area contributed by atoms with E-state index in [2.05, 4.69) is 22.3 Å². The van der Waals surface area contributed by atoms with E-state index in [0.29, 0.717) is 38.2 Å². The summed E-state index contributed by atoms with van der Waals surface area (Å²) in [6.45, 7) is 1.78. The summed E-state index contributed by atoms with van der Waals surface area (Å²) in [4.78, 5) is 28.9. The average molecular weight is 383 g/mol. The molecule has 2 aromatic rings. The van der Waals surface area contributed by atoms with E-state index in [0.717, 1.165) is 6.42 Å². The second-order valence-corrected chi connectivity index (χ2v) is 7.60. The number of benzene rings is 1. The smallest absolute Gasteiger partial charge is 0.289 e. The molecule has 0 bridgehead atoms. The molecule has 1 N–H and O–H groups in total. The number of likely N-dealkylation sites (tertiary alicyclic amines) is 1. The second-order valence-electron chi connectivity index (χ2n) is 7.60. The lowest BCUT2D eigenvalue weighted by Gasteiger charge is -2.31. The molecule has 0 radical (unpaired) electrons. The number of hydrogen-bond acceptors (Lipinski definition) is 4. The van der Waals surface area contributed by atoms with Gasteiger partial charge in [-0.3, -0.25) is 9.59 Å². The third-order valence-corrected chi connectivity index (χ3v) is 5.44. The van der Waals surface area contributed by atoms with Gasteiger partial charge in [0.1, 0.15) is 0 Å². The lowest BCUT2D eigenvalue weighted by Crippen LogP contribution is -2.46. The molecule has 0 aliphatic carbocycles. The number of nitrogens with one attached hydrogen (secondary N) is 1. The van der Waals surface area contributed by atoms with Crippen LogP contribution in [0.2, 0.25) is 0 Å². The minimum absolute atomic E-state index is 0.0415. The van der Waals surface area contributed by atoms with Gasteiger partial charge in [0.15, 0.2) is 5.76 Å². The minimum atomic E-state index is -0.0978. The molecule has 1 unspecified atom stereocenters. The summed E-state index contributed by atoms with van der Waals surface area (Å²) in [5.41, 5.74) is 1.26. The Morgan fingerprint density at radius 2 is 1.86 bits per heavy atom. The maximum atomic E-state index is 12.6. The number of amides is 2. The van der Waals surface area contributed by atoms with Crippen LogP contribution in [0.25, 0.3) is 0 Å². The number of rotatable bonds is 7. The Labute approximate surface area is 166 Å². The number of carbonyl (C=O) groups excluding carboxylic acids is 2. The van der Waals surface area contributed by atoms with Crippen molar-refractivity contribution in [2.24, 2.45) is 5.92 Å². The highest BCUT2D eigenvalue weighted by molar-refractivity contribution is 5.91. The largest absolute Gasteiger partial charge is 0.459 e. The lowest BCUT2D eigenvalue weighted by atomic mass is 9.95. The average Bonchev–Trinajstić information content (AvgIpc) is 3.26. The van der Waals surface area contributed by atoms with Crippen LogP contribution in [0, 0.1) is 5.92 Å². The summed E-state index contributed by atoms with van der Waals surface area (Å²) < 4.78 is 5.18. The standard InChI is InChI=1S/C22H29N3O3/c1-24(2)19(15-17-7-4-3-5-8-17)16-23-21(26)18-10-12-25(13-11-18)22(27)20-9-6-14-28-20/h3-9,14,18-19H,10-13,15-16H2,1-2H3,(H,23,26). The Bertz CT molecular complexity index is 751. The predicted octanol–water partition coefficient (Wildman–Crippen LogP) is 2.42. The van der Waals surface area contributed by atoms with Gasteiger partial charge >= 0.3 is 0 Å². The Morgan fingerprint density at radius 1 is 1.14 bits per heavy atom. The molecule has 28 heavy (non-hydrogen) atoms. The van der Waals surface area contributed by atoms with Gasteiger partial charge in [-0.05, 0) is 51.1 Å². The zero-order chi connectivity index (χ0) is 19.9. The first kappa shape index (κ1) is 20.1. The van der Waals surface area contributed by atoms with Crippen LogP contribution >= 0.6 is 0 Å². The molecule has 6 heteroatoms. The molecule has 1 fully saturated rings. The zero-order valence-corrected chi connectivity index (χ0v) is 16.6. The van der Waals surface area contributed by atoms with Gasteiger partial charge in [0.2, 0.25) is 5.91 Å². The molecule has 150 valence electrons. The van der Waals surface area contributed by atoms with Gasteiger partial charge in [0.25, 0.3) is 5.91 Å². The first-order chi connectivity index (χ1) is 13.5. The quantitative estimate of drug-likeness (QED) is 0.797. The zero-order valence-electron chi connectivity index (χ0n) is 16.6. The third kappa shape index (κ3) is 5.23. The Morgan fingerprint density at radius 3 is 2.46 bits per heavy atom. The van der Waals surface area contributed by atoms with E-state index in [-0.39, 0.29) is 23.8 Å². The van der Waals surface area contributed by atoms with Crippen LogP contribution in [0.15, 0.2) is 53.1 Å². The van der Waals surface area contributed by atoms with Crippen molar-refractivity contribution < 1.29 is 14.0 Å². The number of carbonyl (C=O) groups is 2. The van der Waals surface area contributed by atoms with E-state index in [4.69, 9.17) is 4.42 Å². The Kier molecular flexibility index (Phi) is 6.87. The summed E-state index contributed by atoms with van der Waals surface area (Å²) in [5, 5.41) is 3.12. The summed E-state index contributed by atoms with van der Waals surface area (Å²) in [6.07, 6.45) is 3.77. The van der Waals surface area contributed by atoms with E-state index in [1.807, 2.05) is 32.3 Å². The molecule has 2 heterocycles. The summed E-state index contributed by atoms with van der Waals surface area (Å²) in [6, 6.07) is 14.0. The molecular formula is C22H29N3O3. The van der Waals surface area contributed by atoms with Crippen molar-refractivity contribution in [1.82, 2.24) is 15.1 Å². The summed E-state index contributed by atoms with van der Waals surface area (Å²) >= 11 is 0. The molecule has 1 atom stereocenters. The van der Waals surface area contributed by atoms with Crippen LogP contribution < -0.4 is 5.32 Å². The van der Waals surface area contributed by atoms with Crippen molar-refractivity contribution in [3.8, 4) is 0 Å². The predicted molar refractivity (Wildman–Crippen MR) is 108 cm³/mol. The van der Waals surface area contributed by atoms with Gasteiger partial charge in [0.05, 0.1) is 6.26 Å². The molecule has 1 saturated heterocycles. The third-order valence-electron chi connectivity index (χ3n) is 5.44. The van der Waals surface area contributed by atoms with Crippen LogP contribution in [0.5, 0.6) is 0 Å². The van der Waals surface area contributed by atoms with Crippen LogP contribution in [-0.2, 0) is 11.2 Å². The van der Waals surface area contributed by atoms with Crippen LogP contribution in [0.4, 0.5) is 0 Å². The number of nitrogens with zero attached hydrogens (tertiary/aromatic N) is 2. The Hall–Kier alpha value is -2.60. The lowest BCUT2D eigenvalue weighted by molar-refractivity contribution is -0.126. The SMILES string of the molecule is CN(C)C(CNC(=O)C1CCN(C(=O)c2ccco2)CC1)Cc1ccccc1. The molecule has 1 aliphatic rings. The number of furan rings is 1. The minimum Gasteiger partial charge on any atom is -0.459 e. The molecule has 2 amide bonds. The van der Waals surface area contributed by atoms with E-state index in [9.17, 15) is 9.59 Å². The molecule has 0 saturated carbocycles. The highest BCUT2D eigenvalue weighted by Crippen LogP contribution is 2.19. The molecule has 1 aromatic heterocycles. The molecule has 1 aliphatic heterocycles. The number of hydrogen-bond donors (Lipinski definition) is 1. The first-order valence-electron chi connectivity index (χ1n) is 9.85. The van der Waals surface area contributed by atoms with E-state index in [1.54, 1.807) is 17.0 Å². The van der Waals surface area contributed by atoms with Crippen LogP contribution in [0.1, 0.15) is 29.0 Å². The van der Waals surface area contributed by atoms with Crippen LogP contribution in [-0.4, -0.2) is 61.4 Å². The van der Waals surface area contributed by atoms with Crippen molar-refractivity contribution >= 4 is 11.8 Å². The van der Waals surface area contributed by atoms with Gasteiger partial charge in [-0.2, -0.15) is 0 Å². The molecule has 3 rings (SSSR count). The fourth-order valence-corrected chi connectivity index (χ4v) is 3.59. The van der Waals surface area contributed by atoms with Gasteiger partial charge in [-0.25, -0.2) is 0 Å². The topological polar surface area (TPSA) is 65.8 Å². The second kappa shape index (κ2) is 9.55. The van der Waals surface area contributed by atoms with Crippen molar-refractivity contribution in [1.29, 1.82) is 0 Å². The van der Waals surface area contributed by atoms with Crippen molar-refractivity contribution in [3.63, 3.8) is 0 Å².